The lowest BCUT2D eigenvalue weighted by Gasteiger charge is -2.11. The first-order valence-corrected chi connectivity index (χ1v) is 8.38. The highest BCUT2D eigenvalue weighted by molar-refractivity contribution is 5.66. The molecule has 1 aromatic rings. The smallest absolute Gasteiger partial charge is 0.304 e. The van der Waals surface area contributed by atoms with Crippen LogP contribution in [0.5, 0.6) is 5.75 Å². The quantitative estimate of drug-likeness (QED) is 0.651. The molecule has 0 aromatic heterocycles. The van der Waals surface area contributed by atoms with Gasteiger partial charge in [-0.15, -0.1) is 0 Å². The predicted octanol–water partition coefficient (Wildman–Crippen LogP) is 3.25. The van der Waals surface area contributed by atoms with Crippen molar-refractivity contribution >= 4 is 5.97 Å². The lowest BCUT2D eigenvalue weighted by atomic mass is 10.1. The van der Waals surface area contributed by atoms with Crippen molar-refractivity contribution in [2.75, 3.05) is 19.7 Å². The summed E-state index contributed by atoms with van der Waals surface area (Å²) in [5, 5.41) is 11.7. The fraction of sp³-hybridized carbons (Fsp3) is 0.611. The number of carboxylic acids is 1. The molecule has 0 unspecified atom stereocenters. The Balaban J connectivity index is 1.64. The Morgan fingerprint density at radius 2 is 2.09 bits per heavy atom. The van der Waals surface area contributed by atoms with Crippen molar-refractivity contribution < 1.29 is 14.6 Å². The number of carbonyl (C=O) groups is 1. The number of hydrogen-bond acceptors (Lipinski definition) is 3. The van der Waals surface area contributed by atoms with Crippen molar-refractivity contribution in [1.82, 2.24) is 5.32 Å². The fourth-order valence-corrected chi connectivity index (χ4v) is 2.99. The lowest BCUT2D eigenvalue weighted by Crippen LogP contribution is -2.20. The molecule has 0 aliphatic heterocycles. The van der Waals surface area contributed by atoms with Gasteiger partial charge in [-0.2, -0.15) is 0 Å². The molecule has 1 aromatic carbocycles. The highest BCUT2D eigenvalue weighted by atomic mass is 16.5. The number of ether oxygens (including phenoxy) is 1. The van der Waals surface area contributed by atoms with Crippen LogP contribution in [0.4, 0.5) is 0 Å². The molecule has 4 nitrogen and oxygen atoms in total. The van der Waals surface area contributed by atoms with Crippen LogP contribution < -0.4 is 10.1 Å². The summed E-state index contributed by atoms with van der Waals surface area (Å²) in [6.45, 7) is 2.12. The molecule has 122 valence electrons. The Labute approximate surface area is 132 Å². The van der Waals surface area contributed by atoms with Gasteiger partial charge in [0.25, 0.3) is 0 Å². The van der Waals surface area contributed by atoms with Gasteiger partial charge in [0.2, 0.25) is 0 Å². The number of hydrogen-bond donors (Lipinski definition) is 2. The topological polar surface area (TPSA) is 58.6 Å². The third kappa shape index (κ3) is 6.48. The van der Waals surface area contributed by atoms with E-state index in [1.165, 1.54) is 37.7 Å². The predicted molar refractivity (Wildman–Crippen MR) is 87.3 cm³/mol. The first kappa shape index (κ1) is 16.8. The summed E-state index contributed by atoms with van der Waals surface area (Å²) >= 11 is 0. The molecule has 1 aliphatic carbocycles. The van der Waals surface area contributed by atoms with E-state index in [0.717, 1.165) is 31.2 Å². The average molecular weight is 305 g/mol. The first-order chi connectivity index (χ1) is 10.7. The Morgan fingerprint density at radius 3 is 2.86 bits per heavy atom. The van der Waals surface area contributed by atoms with Crippen molar-refractivity contribution in [2.45, 2.75) is 44.9 Å². The molecule has 0 atom stereocenters. The standard InChI is InChI=1S/C18H27NO3/c20-18(21)9-12-19-11-8-16-6-3-7-17(14-16)22-13-10-15-4-1-2-5-15/h3,6-7,14-15,19H,1-2,4-5,8-13H2,(H,20,21). The molecule has 2 N–H and O–H groups in total. The average Bonchev–Trinajstić information content (AvgIpc) is 3.00. The summed E-state index contributed by atoms with van der Waals surface area (Å²) < 4.78 is 5.87. The third-order valence-electron chi connectivity index (χ3n) is 4.27. The van der Waals surface area contributed by atoms with E-state index >= 15 is 0 Å². The Morgan fingerprint density at radius 1 is 1.27 bits per heavy atom. The zero-order valence-electron chi connectivity index (χ0n) is 13.2. The molecule has 1 fully saturated rings. The molecule has 0 radical (unpaired) electrons. The van der Waals surface area contributed by atoms with Gasteiger partial charge in [-0.05, 0) is 43.0 Å². The lowest BCUT2D eigenvalue weighted by molar-refractivity contribution is -0.136. The molecule has 1 aliphatic rings. The summed E-state index contributed by atoms with van der Waals surface area (Å²) in [5.41, 5.74) is 1.22. The van der Waals surface area contributed by atoms with Gasteiger partial charge in [0, 0.05) is 6.54 Å². The molecule has 0 amide bonds. The third-order valence-corrected chi connectivity index (χ3v) is 4.27. The van der Waals surface area contributed by atoms with Gasteiger partial charge in [0.15, 0.2) is 0 Å². The van der Waals surface area contributed by atoms with Gasteiger partial charge in [0.05, 0.1) is 13.0 Å². The van der Waals surface area contributed by atoms with Crippen LogP contribution in [0.3, 0.4) is 0 Å². The first-order valence-electron chi connectivity index (χ1n) is 8.38. The Hall–Kier alpha value is -1.55. The normalized spacial score (nSPS) is 15.1. The second-order valence-electron chi connectivity index (χ2n) is 6.08. The van der Waals surface area contributed by atoms with Crippen LogP contribution in [-0.4, -0.2) is 30.8 Å². The maximum atomic E-state index is 10.4. The van der Waals surface area contributed by atoms with E-state index in [9.17, 15) is 4.79 Å². The zero-order valence-corrected chi connectivity index (χ0v) is 13.2. The van der Waals surface area contributed by atoms with E-state index in [4.69, 9.17) is 9.84 Å². The van der Waals surface area contributed by atoms with Gasteiger partial charge < -0.3 is 15.2 Å². The van der Waals surface area contributed by atoms with Crippen LogP contribution in [0, 0.1) is 5.92 Å². The fourth-order valence-electron chi connectivity index (χ4n) is 2.99. The van der Waals surface area contributed by atoms with Crippen LogP contribution in [-0.2, 0) is 11.2 Å². The molecular weight excluding hydrogens is 278 g/mol. The van der Waals surface area contributed by atoms with Gasteiger partial charge in [-0.1, -0.05) is 37.8 Å². The van der Waals surface area contributed by atoms with Crippen molar-refractivity contribution in [1.29, 1.82) is 0 Å². The molecule has 4 heteroatoms. The summed E-state index contributed by atoms with van der Waals surface area (Å²) in [5.74, 6) is 1.05. The molecule has 1 saturated carbocycles. The summed E-state index contributed by atoms with van der Waals surface area (Å²) in [6.07, 6.45) is 7.73. The van der Waals surface area contributed by atoms with Gasteiger partial charge >= 0.3 is 5.97 Å². The van der Waals surface area contributed by atoms with Crippen LogP contribution in [0.25, 0.3) is 0 Å². The molecule has 0 bridgehead atoms. The minimum Gasteiger partial charge on any atom is -0.494 e. The maximum Gasteiger partial charge on any atom is 0.304 e. The monoisotopic (exact) mass is 305 g/mol. The van der Waals surface area contributed by atoms with Crippen molar-refractivity contribution in [3.63, 3.8) is 0 Å². The van der Waals surface area contributed by atoms with Crippen molar-refractivity contribution in [2.24, 2.45) is 5.92 Å². The van der Waals surface area contributed by atoms with E-state index < -0.39 is 5.97 Å². The molecule has 0 heterocycles. The van der Waals surface area contributed by atoms with Gasteiger partial charge in [-0.25, -0.2) is 0 Å². The summed E-state index contributed by atoms with van der Waals surface area (Å²) in [4.78, 5) is 10.4. The Kier molecular flexibility index (Phi) is 7.23. The van der Waals surface area contributed by atoms with E-state index in [2.05, 4.69) is 17.4 Å². The number of nitrogens with one attached hydrogen (secondary N) is 1. The van der Waals surface area contributed by atoms with Crippen LogP contribution in [0.1, 0.15) is 44.1 Å². The summed E-state index contributed by atoms with van der Waals surface area (Å²) in [7, 11) is 0. The number of aliphatic carboxylic acids is 1. The second-order valence-corrected chi connectivity index (χ2v) is 6.08. The zero-order chi connectivity index (χ0) is 15.6. The van der Waals surface area contributed by atoms with Crippen LogP contribution >= 0.6 is 0 Å². The van der Waals surface area contributed by atoms with Gasteiger partial charge in [0.1, 0.15) is 5.75 Å². The maximum absolute atomic E-state index is 10.4. The molecule has 2 rings (SSSR count). The largest absolute Gasteiger partial charge is 0.494 e. The number of rotatable bonds is 10. The molecule has 22 heavy (non-hydrogen) atoms. The highest BCUT2D eigenvalue weighted by Crippen LogP contribution is 2.27. The number of carboxylic acid groups (broad SMARTS) is 1. The highest BCUT2D eigenvalue weighted by Gasteiger charge is 2.14. The van der Waals surface area contributed by atoms with E-state index in [1.54, 1.807) is 0 Å². The Bertz CT molecular complexity index is 455. The van der Waals surface area contributed by atoms with Crippen LogP contribution in [0.15, 0.2) is 24.3 Å². The van der Waals surface area contributed by atoms with E-state index in [0.29, 0.717) is 6.54 Å². The summed E-state index contributed by atoms with van der Waals surface area (Å²) in [6, 6.07) is 8.21. The minimum absolute atomic E-state index is 0.171. The minimum atomic E-state index is -0.759. The molecular formula is C18H27NO3. The van der Waals surface area contributed by atoms with E-state index in [1.807, 2.05) is 12.1 Å². The van der Waals surface area contributed by atoms with E-state index in [-0.39, 0.29) is 6.42 Å². The SMILES string of the molecule is O=C(O)CCNCCc1cccc(OCCC2CCCC2)c1. The van der Waals surface area contributed by atoms with Crippen LogP contribution in [0.2, 0.25) is 0 Å². The molecule has 0 spiro atoms. The molecule has 0 saturated heterocycles. The second kappa shape index (κ2) is 9.46. The van der Waals surface area contributed by atoms with Crippen molar-refractivity contribution in [3.05, 3.63) is 29.8 Å². The van der Waals surface area contributed by atoms with Crippen molar-refractivity contribution in [3.8, 4) is 5.75 Å². The van der Waals surface area contributed by atoms with Gasteiger partial charge in [-0.3, -0.25) is 4.79 Å². The number of benzene rings is 1.